The fourth-order valence-electron chi connectivity index (χ4n) is 5.86. The van der Waals surface area contributed by atoms with Gasteiger partial charge in [0.2, 0.25) is 5.91 Å². The molecular formula is C28H27BrClN3O4. The molecule has 0 aromatic heterocycles. The molecule has 0 radical (unpaired) electrons. The van der Waals surface area contributed by atoms with E-state index in [-0.39, 0.29) is 35.8 Å². The van der Waals surface area contributed by atoms with Crippen molar-refractivity contribution in [3.63, 3.8) is 0 Å². The van der Waals surface area contributed by atoms with Gasteiger partial charge >= 0.3 is 5.97 Å². The molecule has 2 heterocycles. The number of Topliss-reactive ketones (excluding diaryl/α,β-unsaturated/α-hetero) is 1. The van der Waals surface area contributed by atoms with Crippen LogP contribution in [0.25, 0.3) is 0 Å². The average Bonchev–Trinajstić information content (AvgIpc) is 3.05. The predicted octanol–water partition coefficient (Wildman–Crippen LogP) is 5.50. The second kappa shape index (κ2) is 8.74. The molecule has 1 amide bonds. The number of ether oxygens (including phenoxy) is 1. The summed E-state index contributed by atoms with van der Waals surface area (Å²) in [4.78, 5) is 43.6. The Hall–Kier alpha value is -3.10. The SMILES string of the molecule is CCOC(=O)C1=C(N)N(c2ccc(Br)cc2C)C2=C(C(=O)CC(C)(C)C2)C12C(=O)Nc1ccc(Cl)cc12. The van der Waals surface area contributed by atoms with Crippen molar-refractivity contribution in [2.45, 2.75) is 46.0 Å². The molecule has 3 aliphatic rings. The average molecular weight is 585 g/mol. The number of rotatable bonds is 3. The number of benzene rings is 2. The second-order valence-electron chi connectivity index (χ2n) is 10.4. The van der Waals surface area contributed by atoms with Gasteiger partial charge in [0.15, 0.2) is 5.78 Å². The van der Waals surface area contributed by atoms with Crippen molar-refractivity contribution < 1.29 is 19.1 Å². The van der Waals surface area contributed by atoms with Crippen LogP contribution in [0.3, 0.4) is 0 Å². The number of esters is 1. The highest BCUT2D eigenvalue weighted by Gasteiger charge is 2.63. The first-order valence-corrected chi connectivity index (χ1v) is 13.2. The van der Waals surface area contributed by atoms with Crippen LogP contribution < -0.4 is 16.0 Å². The van der Waals surface area contributed by atoms with Gasteiger partial charge in [-0.1, -0.05) is 41.4 Å². The molecule has 2 aromatic rings. The quantitative estimate of drug-likeness (QED) is 0.462. The Morgan fingerprint density at radius 3 is 2.59 bits per heavy atom. The maximum absolute atomic E-state index is 14.1. The van der Waals surface area contributed by atoms with Gasteiger partial charge < -0.3 is 15.8 Å². The van der Waals surface area contributed by atoms with Crippen molar-refractivity contribution in [2.24, 2.45) is 11.1 Å². The molecule has 1 unspecified atom stereocenters. The number of fused-ring (bicyclic) bond motifs is 3. The molecule has 9 heteroatoms. The largest absolute Gasteiger partial charge is 0.462 e. The van der Waals surface area contributed by atoms with E-state index in [1.165, 1.54) is 0 Å². The Balaban J connectivity index is 1.94. The van der Waals surface area contributed by atoms with Crippen LogP contribution in [0.15, 0.2) is 63.5 Å². The van der Waals surface area contributed by atoms with E-state index in [1.807, 2.05) is 39.0 Å². The molecule has 2 aromatic carbocycles. The molecule has 0 saturated carbocycles. The van der Waals surface area contributed by atoms with Crippen molar-refractivity contribution >= 4 is 56.6 Å². The van der Waals surface area contributed by atoms with Crippen molar-refractivity contribution in [1.82, 2.24) is 0 Å². The minimum absolute atomic E-state index is 0.0519. The standard InChI is InChI=1S/C28H27BrClN3O4/c1-5-37-25(35)23-24(31)33(19-9-6-15(29)10-14(19)2)20-12-27(3,4)13-21(34)22(20)28(23)17-11-16(30)7-8-18(17)32-26(28)36/h6-11H,5,12-13,31H2,1-4H3,(H,32,36). The lowest BCUT2D eigenvalue weighted by Crippen LogP contribution is -2.54. The van der Waals surface area contributed by atoms with Crippen LogP contribution in [0.2, 0.25) is 5.02 Å². The molecule has 0 bridgehead atoms. The normalized spacial score (nSPS) is 22.3. The third kappa shape index (κ3) is 3.72. The van der Waals surface area contributed by atoms with Crippen LogP contribution in [-0.4, -0.2) is 24.3 Å². The number of halogens is 2. The van der Waals surface area contributed by atoms with E-state index in [2.05, 4.69) is 21.2 Å². The molecular weight excluding hydrogens is 558 g/mol. The molecule has 5 rings (SSSR count). The number of hydrogen-bond acceptors (Lipinski definition) is 6. The Morgan fingerprint density at radius 2 is 1.92 bits per heavy atom. The van der Waals surface area contributed by atoms with Gasteiger partial charge in [0.1, 0.15) is 16.8 Å². The molecule has 1 aliphatic carbocycles. The third-order valence-electron chi connectivity index (χ3n) is 7.22. The van der Waals surface area contributed by atoms with Gasteiger partial charge in [-0.25, -0.2) is 4.79 Å². The highest BCUT2D eigenvalue weighted by Crippen LogP contribution is 2.58. The first kappa shape index (κ1) is 25.5. The number of allylic oxidation sites excluding steroid dienone is 1. The number of aryl methyl sites for hydroxylation is 1. The fraction of sp³-hybridized carbons (Fsp3) is 0.321. The Morgan fingerprint density at radius 1 is 1.19 bits per heavy atom. The van der Waals surface area contributed by atoms with E-state index < -0.39 is 22.7 Å². The number of amides is 1. The summed E-state index contributed by atoms with van der Waals surface area (Å²) in [6, 6.07) is 10.6. The minimum atomic E-state index is -1.78. The zero-order chi connectivity index (χ0) is 26.9. The van der Waals surface area contributed by atoms with Crippen molar-refractivity contribution in [1.29, 1.82) is 0 Å². The van der Waals surface area contributed by atoms with Crippen molar-refractivity contribution in [2.75, 3.05) is 16.8 Å². The van der Waals surface area contributed by atoms with E-state index in [0.717, 1.165) is 10.0 Å². The third-order valence-corrected chi connectivity index (χ3v) is 7.95. The molecule has 37 heavy (non-hydrogen) atoms. The molecule has 1 spiro atoms. The molecule has 7 nitrogen and oxygen atoms in total. The number of anilines is 2. The molecule has 192 valence electrons. The van der Waals surface area contributed by atoms with Crippen LogP contribution in [-0.2, 0) is 24.5 Å². The number of carbonyl (C=O) groups excluding carboxylic acids is 3. The lowest BCUT2D eigenvalue weighted by molar-refractivity contribution is -0.140. The predicted molar refractivity (Wildman–Crippen MR) is 146 cm³/mol. The summed E-state index contributed by atoms with van der Waals surface area (Å²) in [5.74, 6) is -1.45. The fourth-order valence-corrected chi connectivity index (χ4v) is 6.50. The molecule has 3 N–H and O–H groups in total. The van der Waals surface area contributed by atoms with Crippen LogP contribution in [0.4, 0.5) is 11.4 Å². The molecule has 0 saturated heterocycles. The maximum atomic E-state index is 14.1. The number of hydrogen-bond donors (Lipinski definition) is 2. The monoisotopic (exact) mass is 583 g/mol. The number of ketones is 1. The highest BCUT2D eigenvalue weighted by atomic mass is 79.9. The lowest BCUT2D eigenvalue weighted by Gasteiger charge is -2.47. The highest BCUT2D eigenvalue weighted by molar-refractivity contribution is 9.10. The van der Waals surface area contributed by atoms with Gasteiger partial charge in [0.05, 0.1) is 12.3 Å². The van der Waals surface area contributed by atoms with Crippen LogP contribution in [0.5, 0.6) is 0 Å². The summed E-state index contributed by atoms with van der Waals surface area (Å²) in [6.45, 7) is 7.69. The Bertz CT molecular complexity index is 1460. The van der Waals surface area contributed by atoms with E-state index in [0.29, 0.717) is 34.1 Å². The van der Waals surface area contributed by atoms with Crippen LogP contribution >= 0.6 is 27.5 Å². The zero-order valence-electron chi connectivity index (χ0n) is 21.0. The van der Waals surface area contributed by atoms with Crippen LogP contribution in [0.1, 0.15) is 44.7 Å². The summed E-state index contributed by atoms with van der Waals surface area (Å²) in [7, 11) is 0. The number of carbonyl (C=O) groups is 3. The summed E-state index contributed by atoms with van der Waals surface area (Å²) in [5, 5.41) is 3.24. The van der Waals surface area contributed by atoms with Gasteiger partial charge in [-0.3, -0.25) is 14.5 Å². The van der Waals surface area contributed by atoms with E-state index in [4.69, 9.17) is 22.1 Å². The Labute approximate surface area is 228 Å². The first-order chi connectivity index (χ1) is 17.4. The molecule has 1 atom stereocenters. The summed E-state index contributed by atoms with van der Waals surface area (Å²) < 4.78 is 6.34. The van der Waals surface area contributed by atoms with Crippen LogP contribution in [0, 0.1) is 12.3 Å². The summed E-state index contributed by atoms with van der Waals surface area (Å²) in [5.41, 5.74) is 7.94. The summed E-state index contributed by atoms with van der Waals surface area (Å²) in [6.07, 6.45) is 0.672. The minimum Gasteiger partial charge on any atom is -0.462 e. The van der Waals surface area contributed by atoms with E-state index >= 15 is 0 Å². The first-order valence-electron chi connectivity index (χ1n) is 12.0. The van der Waals surface area contributed by atoms with Crippen molar-refractivity contribution in [3.05, 3.63) is 79.7 Å². The number of nitrogens with two attached hydrogens (primary N) is 1. The van der Waals surface area contributed by atoms with Gasteiger partial charge in [-0.05, 0) is 67.6 Å². The molecule has 0 fully saturated rings. The number of nitrogens with one attached hydrogen (secondary N) is 1. The topological polar surface area (TPSA) is 102 Å². The smallest absolute Gasteiger partial charge is 0.339 e. The zero-order valence-corrected chi connectivity index (χ0v) is 23.3. The second-order valence-corrected chi connectivity index (χ2v) is 11.8. The van der Waals surface area contributed by atoms with Crippen molar-refractivity contribution in [3.8, 4) is 0 Å². The molecule has 2 aliphatic heterocycles. The van der Waals surface area contributed by atoms with E-state index in [9.17, 15) is 14.4 Å². The van der Waals surface area contributed by atoms with Gasteiger partial charge in [0, 0.05) is 38.4 Å². The van der Waals surface area contributed by atoms with E-state index in [1.54, 1.807) is 30.0 Å². The Kier molecular flexibility index (Phi) is 6.03. The maximum Gasteiger partial charge on any atom is 0.339 e. The summed E-state index contributed by atoms with van der Waals surface area (Å²) >= 11 is 9.90. The van der Waals surface area contributed by atoms with Gasteiger partial charge in [-0.2, -0.15) is 0 Å². The van der Waals surface area contributed by atoms with Gasteiger partial charge in [-0.15, -0.1) is 0 Å². The van der Waals surface area contributed by atoms with Gasteiger partial charge in [0.25, 0.3) is 0 Å². The lowest BCUT2D eigenvalue weighted by atomic mass is 9.60. The number of nitrogens with zero attached hydrogens (tertiary/aromatic N) is 1.